The van der Waals surface area contributed by atoms with Crippen LogP contribution in [0.2, 0.25) is 0 Å². The molecule has 496 valence electrons. The number of carbonyl (C=O) groups is 3. The van der Waals surface area contributed by atoms with Crippen molar-refractivity contribution in [2.75, 3.05) is 47.5 Å². The van der Waals surface area contributed by atoms with E-state index in [1.165, 1.54) is 141 Å². The number of carbonyl (C=O) groups excluding carboxylic acids is 2. The van der Waals surface area contributed by atoms with E-state index in [-0.39, 0.29) is 32.2 Å². The van der Waals surface area contributed by atoms with Crippen LogP contribution in [0.4, 0.5) is 0 Å². The molecule has 0 amide bonds. The van der Waals surface area contributed by atoms with E-state index >= 15 is 0 Å². The summed E-state index contributed by atoms with van der Waals surface area (Å²) in [6, 6.07) is 0. The van der Waals surface area contributed by atoms with Crippen molar-refractivity contribution in [3.8, 4) is 0 Å². The van der Waals surface area contributed by atoms with Gasteiger partial charge in [-0.2, -0.15) is 0 Å². The van der Waals surface area contributed by atoms with Crippen molar-refractivity contribution in [1.29, 1.82) is 0 Å². The van der Waals surface area contributed by atoms with Gasteiger partial charge in [-0.15, -0.1) is 0 Å². The zero-order chi connectivity index (χ0) is 63.3. The molecule has 0 radical (unpaired) electrons. The lowest BCUT2D eigenvalue weighted by Gasteiger charge is -2.25. The Balaban J connectivity index is 4.18. The Morgan fingerprint density at radius 3 is 0.977 bits per heavy atom. The lowest BCUT2D eigenvalue weighted by Crippen LogP contribution is -2.40. The largest absolute Gasteiger partial charge is 0.477 e. The molecular formula is C78H132NO8+. The molecule has 87 heavy (non-hydrogen) atoms. The van der Waals surface area contributed by atoms with Crippen molar-refractivity contribution in [1.82, 2.24) is 0 Å². The van der Waals surface area contributed by atoms with Crippen LogP contribution in [0.1, 0.15) is 284 Å². The molecule has 0 aromatic carbocycles. The van der Waals surface area contributed by atoms with Crippen molar-refractivity contribution in [3.05, 3.63) is 134 Å². The van der Waals surface area contributed by atoms with Crippen LogP contribution in [0.3, 0.4) is 0 Å². The highest BCUT2D eigenvalue weighted by Gasteiger charge is 2.25. The molecule has 0 saturated heterocycles. The molecule has 0 aliphatic carbocycles. The average molecular weight is 1210 g/mol. The summed E-state index contributed by atoms with van der Waals surface area (Å²) in [6.07, 6.45) is 94.1. The summed E-state index contributed by atoms with van der Waals surface area (Å²) in [5.74, 6) is -2.02. The van der Waals surface area contributed by atoms with Gasteiger partial charge in [0, 0.05) is 12.8 Å². The maximum atomic E-state index is 12.9. The third-order valence-electron chi connectivity index (χ3n) is 14.9. The van der Waals surface area contributed by atoms with E-state index in [2.05, 4.69) is 148 Å². The maximum Gasteiger partial charge on any atom is 0.361 e. The molecule has 0 aliphatic rings. The fraction of sp³-hybridized carbons (Fsp3) is 0.679. The molecular weight excluding hydrogens is 1080 g/mol. The number of nitrogens with zero attached hydrogens (tertiary/aromatic N) is 1. The molecule has 2 unspecified atom stereocenters. The van der Waals surface area contributed by atoms with E-state index < -0.39 is 24.3 Å². The van der Waals surface area contributed by atoms with E-state index in [1.54, 1.807) is 0 Å². The Labute approximate surface area is 535 Å². The number of unbranched alkanes of at least 4 members (excludes halogenated alkanes) is 27. The van der Waals surface area contributed by atoms with E-state index in [4.69, 9.17) is 18.9 Å². The van der Waals surface area contributed by atoms with Gasteiger partial charge in [0.1, 0.15) is 13.2 Å². The first-order chi connectivity index (χ1) is 42.6. The summed E-state index contributed by atoms with van der Waals surface area (Å²) < 4.78 is 23.0. The standard InChI is InChI=1S/C78H131NO8/c1-6-8-10-12-14-16-18-20-22-24-26-28-30-32-34-36-37-38-39-41-43-45-47-49-51-53-55-57-59-61-63-65-67-69-76(81)87-74(73-86-78(77(82)83)84-71-70-79(3,4)5)72-85-75(80)68-66-64-62-60-58-56-54-52-50-48-46-44-42-40-35-33-31-29-27-25-23-21-19-17-15-13-11-9-7-2/h8,10,14,16,19-22,25-28,31-34,37-38,41,43,47,49,74,78H,6-7,9,11-13,15,17-18,23-24,29-30,35-36,39-40,42,44-46,48,50-73H2,1-5H3/p+1/b10-8-,16-14-,21-19-,22-20-,27-25-,28-26-,33-31-,34-32-,38-37-,43-41-,49-47-. The minimum Gasteiger partial charge on any atom is -0.477 e. The number of likely N-dealkylation sites (N-methyl/N-ethyl adjacent to an activating group) is 1. The van der Waals surface area contributed by atoms with Gasteiger partial charge < -0.3 is 28.5 Å². The van der Waals surface area contributed by atoms with E-state index in [9.17, 15) is 19.5 Å². The maximum absolute atomic E-state index is 12.9. The summed E-state index contributed by atoms with van der Waals surface area (Å²) >= 11 is 0. The first-order valence-electron chi connectivity index (χ1n) is 35.3. The first kappa shape index (κ1) is 82.4. The second-order valence-corrected chi connectivity index (χ2v) is 24.5. The van der Waals surface area contributed by atoms with Gasteiger partial charge in [0.25, 0.3) is 6.29 Å². The number of hydrogen-bond donors (Lipinski definition) is 1. The number of hydrogen-bond acceptors (Lipinski definition) is 7. The summed E-state index contributed by atoms with van der Waals surface area (Å²) in [4.78, 5) is 37.6. The van der Waals surface area contributed by atoms with Crippen LogP contribution in [0.15, 0.2) is 134 Å². The Kier molecular flexibility index (Phi) is 63.8. The van der Waals surface area contributed by atoms with Gasteiger partial charge in [-0.05, 0) is 116 Å². The van der Waals surface area contributed by atoms with Crippen molar-refractivity contribution < 1.29 is 42.9 Å². The van der Waals surface area contributed by atoms with Crippen LogP contribution < -0.4 is 0 Å². The molecule has 0 aromatic heterocycles. The minimum atomic E-state index is -1.52. The predicted octanol–water partition coefficient (Wildman–Crippen LogP) is 22.1. The van der Waals surface area contributed by atoms with Crippen LogP contribution in [0, 0.1) is 0 Å². The van der Waals surface area contributed by atoms with Gasteiger partial charge in [0.05, 0.1) is 34.4 Å². The van der Waals surface area contributed by atoms with Crippen molar-refractivity contribution in [2.45, 2.75) is 296 Å². The van der Waals surface area contributed by atoms with E-state index in [1.807, 2.05) is 21.1 Å². The normalized spacial score (nSPS) is 13.5. The van der Waals surface area contributed by atoms with Gasteiger partial charge in [-0.1, -0.05) is 289 Å². The number of aliphatic carboxylic acids is 1. The molecule has 0 aromatic rings. The summed E-state index contributed by atoms with van der Waals surface area (Å²) in [5.41, 5.74) is 0. The van der Waals surface area contributed by atoms with Crippen molar-refractivity contribution >= 4 is 17.9 Å². The number of allylic oxidation sites excluding steroid dienone is 22. The fourth-order valence-electron chi connectivity index (χ4n) is 9.51. The van der Waals surface area contributed by atoms with Gasteiger partial charge in [0.15, 0.2) is 6.10 Å². The van der Waals surface area contributed by atoms with Gasteiger partial charge >= 0.3 is 17.9 Å². The van der Waals surface area contributed by atoms with Crippen molar-refractivity contribution in [2.24, 2.45) is 0 Å². The molecule has 0 bridgehead atoms. The van der Waals surface area contributed by atoms with E-state index in [0.717, 1.165) is 109 Å². The van der Waals surface area contributed by atoms with Crippen LogP contribution >= 0.6 is 0 Å². The SMILES string of the molecule is CC/C=C\C/C=C\C/C=C\C/C=C\C/C=C\C/C=C\C/C=C\C/C=C\CCCCCCCCCCC(=O)OC(COC(=O)CCCCCCCCCCCCCCCC/C=C\C/C=C\C/C=C\CCCCCCC)COC(OCC[N+](C)(C)C)C(=O)O. The molecule has 0 aliphatic heterocycles. The van der Waals surface area contributed by atoms with Crippen LogP contribution in [0.25, 0.3) is 0 Å². The Morgan fingerprint density at radius 1 is 0.356 bits per heavy atom. The molecule has 0 fully saturated rings. The van der Waals surface area contributed by atoms with Crippen LogP contribution in [0.5, 0.6) is 0 Å². The monoisotopic (exact) mass is 1210 g/mol. The number of quaternary nitrogens is 1. The Hall–Kier alpha value is -4.57. The number of ether oxygens (including phenoxy) is 4. The quantitative estimate of drug-likeness (QED) is 0.0211. The predicted molar refractivity (Wildman–Crippen MR) is 373 cm³/mol. The number of esters is 2. The smallest absolute Gasteiger partial charge is 0.361 e. The molecule has 2 atom stereocenters. The molecule has 0 spiro atoms. The minimum absolute atomic E-state index is 0.180. The number of rotatable bonds is 64. The Morgan fingerprint density at radius 2 is 0.655 bits per heavy atom. The highest BCUT2D eigenvalue weighted by molar-refractivity contribution is 5.71. The lowest BCUT2D eigenvalue weighted by molar-refractivity contribution is -0.870. The lowest BCUT2D eigenvalue weighted by atomic mass is 10.0. The summed E-state index contributed by atoms with van der Waals surface area (Å²) in [6.45, 7) is 4.75. The molecule has 0 rings (SSSR count). The van der Waals surface area contributed by atoms with Gasteiger partial charge in [-0.25, -0.2) is 4.79 Å². The topological polar surface area (TPSA) is 108 Å². The van der Waals surface area contributed by atoms with Gasteiger partial charge in [-0.3, -0.25) is 9.59 Å². The van der Waals surface area contributed by atoms with E-state index in [0.29, 0.717) is 23.9 Å². The second kappa shape index (κ2) is 67.4. The second-order valence-electron chi connectivity index (χ2n) is 24.5. The third-order valence-corrected chi connectivity index (χ3v) is 14.9. The highest BCUT2D eigenvalue weighted by Crippen LogP contribution is 2.16. The van der Waals surface area contributed by atoms with Crippen LogP contribution in [-0.4, -0.2) is 87.4 Å². The highest BCUT2D eigenvalue weighted by atomic mass is 16.7. The first-order valence-corrected chi connectivity index (χ1v) is 35.3. The summed E-state index contributed by atoms with van der Waals surface area (Å²) in [7, 11) is 5.97. The fourth-order valence-corrected chi connectivity index (χ4v) is 9.51. The number of carboxylic acid groups (broad SMARTS) is 1. The summed E-state index contributed by atoms with van der Waals surface area (Å²) in [5, 5.41) is 9.75. The molecule has 0 heterocycles. The van der Waals surface area contributed by atoms with Crippen LogP contribution in [-0.2, 0) is 33.3 Å². The van der Waals surface area contributed by atoms with Crippen molar-refractivity contribution in [3.63, 3.8) is 0 Å². The zero-order valence-corrected chi connectivity index (χ0v) is 56.6. The number of carboxylic acids is 1. The molecule has 9 heteroatoms. The molecule has 0 saturated carbocycles. The Bertz CT molecular complexity index is 1890. The molecule has 1 N–H and O–H groups in total. The molecule has 9 nitrogen and oxygen atoms in total. The third kappa shape index (κ3) is 68.8. The van der Waals surface area contributed by atoms with Gasteiger partial charge in [0.2, 0.25) is 0 Å². The zero-order valence-electron chi connectivity index (χ0n) is 56.6. The average Bonchev–Trinajstić information content (AvgIpc) is 3.59.